The van der Waals surface area contributed by atoms with Gasteiger partial charge in [-0.2, -0.15) is 5.10 Å². The maximum absolute atomic E-state index is 11.5. The van der Waals surface area contributed by atoms with Crippen molar-refractivity contribution in [1.82, 2.24) is 10.2 Å². The molecule has 7 heteroatoms. The standard InChI is InChI=1S/C13H13N3O4/c1-2-20-13(19)9(12(17)18)7-14-11-8-5-3-4-6-10(8)15-16-11/h3-7H,2H2,1H3,(H,17,18)(H2,14,15,16). The van der Waals surface area contributed by atoms with Gasteiger partial charge in [-0.05, 0) is 19.1 Å². The second-order valence-corrected chi connectivity index (χ2v) is 3.85. The number of hydrogen-bond donors (Lipinski definition) is 3. The normalized spacial score (nSPS) is 11.3. The van der Waals surface area contributed by atoms with Crippen molar-refractivity contribution in [3.05, 3.63) is 36.0 Å². The van der Waals surface area contributed by atoms with E-state index in [1.165, 1.54) is 0 Å². The number of aromatic nitrogens is 2. The van der Waals surface area contributed by atoms with Crippen LogP contribution < -0.4 is 5.32 Å². The zero-order valence-electron chi connectivity index (χ0n) is 10.7. The number of nitrogens with zero attached hydrogens (tertiary/aromatic N) is 1. The SMILES string of the molecule is CCOC(=O)C(=CNc1n[nH]c2ccccc12)C(=O)O. The van der Waals surface area contributed by atoms with Crippen molar-refractivity contribution in [2.45, 2.75) is 6.92 Å². The highest BCUT2D eigenvalue weighted by Gasteiger charge is 2.18. The molecule has 0 aliphatic carbocycles. The molecule has 0 saturated carbocycles. The summed E-state index contributed by atoms with van der Waals surface area (Å²) in [7, 11) is 0. The molecule has 0 atom stereocenters. The number of para-hydroxylation sites is 1. The third-order valence-corrected chi connectivity index (χ3v) is 2.55. The minimum atomic E-state index is -1.37. The molecule has 0 fully saturated rings. The van der Waals surface area contributed by atoms with Gasteiger partial charge in [-0.3, -0.25) is 5.10 Å². The van der Waals surface area contributed by atoms with Crippen LogP contribution >= 0.6 is 0 Å². The van der Waals surface area contributed by atoms with Gasteiger partial charge in [0.25, 0.3) is 0 Å². The number of rotatable bonds is 5. The van der Waals surface area contributed by atoms with Crippen molar-refractivity contribution in [2.24, 2.45) is 0 Å². The number of nitrogens with one attached hydrogen (secondary N) is 2. The molecule has 7 nitrogen and oxygen atoms in total. The number of carbonyl (C=O) groups is 2. The zero-order valence-corrected chi connectivity index (χ0v) is 10.7. The van der Waals surface area contributed by atoms with Gasteiger partial charge < -0.3 is 15.2 Å². The van der Waals surface area contributed by atoms with E-state index >= 15 is 0 Å². The lowest BCUT2D eigenvalue weighted by Crippen LogP contribution is -2.16. The molecule has 2 aromatic rings. The Morgan fingerprint density at radius 3 is 2.90 bits per heavy atom. The van der Waals surface area contributed by atoms with Crippen LogP contribution in [0.2, 0.25) is 0 Å². The van der Waals surface area contributed by atoms with Crippen LogP contribution in [0.25, 0.3) is 10.9 Å². The van der Waals surface area contributed by atoms with Crippen molar-refractivity contribution in [3.8, 4) is 0 Å². The molecule has 0 amide bonds. The lowest BCUT2D eigenvalue weighted by molar-refractivity contribution is -0.143. The van der Waals surface area contributed by atoms with Crippen molar-refractivity contribution in [1.29, 1.82) is 0 Å². The molecule has 0 radical (unpaired) electrons. The van der Waals surface area contributed by atoms with Crippen molar-refractivity contribution < 1.29 is 19.4 Å². The van der Waals surface area contributed by atoms with E-state index in [0.717, 1.165) is 17.1 Å². The van der Waals surface area contributed by atoms with E-state index in [1.54, 1.807) is 6.92 Å². The van der Waals surface area contributed by atoms with Gasteiger partial charge in [0.05, 0.1) is 12.1 Å². The molecular formula is C13H13N3O4. The van der Waals surface area contributed by atoms with E-state index in [4.69, 9.17) is 5.11 Å². The van der Waals surface area contributed by atoms with Crippen molar-refractivity contribution in [3.63, 3.8) is 0 Å². The minimum Gasteiger partial charge on any atom is -0.477 e. The van der Waals surface area contributed by atoms with Gasteiger partial charge in [-0.1, -0.05) is 12.1 Å². The molecule has 0 spiro atoms. The lowest BCUT2D eigenvalue weighted by atomic mass is 10.2. The first kappa shape index (κ1) is 13.6. The molecule has 0 saturated heterocycles. The fourth-order valence-electron chi connectivity index (χ4n) is 1.63. The Bertz CT molecular complexity index is 675. The van der Waals surface area contributed by atoms with Crippen molar-refractivity contribution >= 4 is 28.7 Å². The third-order valence-electron chi connectivity index (χ3n) is 2.55. The Kier molecular flexibility index (Phi) is 3.99. The van der Waals surface area contributed by atoms with Crippen LogP contribution in [0.3, 0.4) is 0 Å². The largest absolute Gasteiger partial charge is 0.477 e. The average molecular weight is 275 g/mol. The van der Waals surface area contributed by atoms with Gasteiger partial charge in [0.1, 0.15) is 0 Å². The molecule has 104 valence electrons. The summed E-state index contributed by atoms with van der Waals surface area (Å²) in [6.07, 6.45) is 1.07. The van der Waals surface area contributed by atoms with Gasteiger partial charge in [0.2, 0.25) is 0 Å². The molecule has 20 heavy (non-hydrogen) atoms. The molecule has 0 unspecified atom stereocenters. The number of aromatic amines is 1. The predicted octanol–water partition coefficient (Wildman–Crippen LogP) is 1.51. The summed E-state index contributed by atoms with van der Waals surface area (Å²) in [6, 6.07) is 7.33. The summed E-state index contributed by atoms with van der Waals surface area (Å²) < 4.78 is 4.67. The number of esters is 1. The van der Waals surface area contributed by atoms with Gasteiger partial charge >= 0.3 is 11.9 Å². The average Bonchev–Trinajstić information content (AvgIpc) is 2.82. The van der Waals surface area contributed by atoms with E-state index in [0.29, 0.717) is 5.82 Å². The Morgan fingerprint density at radius 2 is 2.20 bits per heavy atom. The first-order chi connectivity index (χ1) is 9.63. The molecule has 1 aromatic carbocycles. The monoisotopic (exact) mass is 275 g/mol. The third kappa shape index (κ3) is 2.77. The number of carboxylic acid groups (broad SMARTS) is 1. The lowest BCUT2D eigenvalue weighted by Gasteiger charge is -2.03. The molecule has 1 heterocycles. The second kappa shape index (κ2) is 5.87. The van der Waals surface area contributed by atoms with Gasteiger partial charge in [-0.15, -0.1) is 0 Å². The smallest absolute Gasteiger partial charge is 0.347 e. The van der Waals surface area contributed by atoms with Gasteiger partial charge in [-0.25, -0.2) is 9.59 Å². The number of carboxylic acids is 1. The van der Waals surface area contributed by atoms with E-state index in [2.05, 4.69) is 20.3 Å². The summed E-state index contributed by atoms with van der Waals surface area (Å²) in [5.41, 5.74) is 0.315. The molecule has 2 rings (SSSR count). The fraction of sp³-hybridized carbons (Fsp3) is 0.154. The van der Waals surface area contributed by atoms with E-state index in [9.17, 15) is 9.59 Å². The topological polar surface area (TPSA) is 104 Å². The molecule has 0 aliphatic heterocycles. The predicted molar refractivity (Wildman–Crippen MR) is 72.1 cm³/mol. The number of fused-ring (bicyclic) bond motifs is 1. The van der Waals surface area contributed by atoms with E-state index in [-0.39, 0.29) is 6.61 Å². The molecule has 0 bridgehead atoms. The number of benzene rings is 1. The maximum atomic E-state index is 11.5. The molecular weight excluding hydrogens is 262 g/mol. The Balaban J connectivity index is 2.25. The first-order valence-corrected chi connectivity index (χ1v) is 5.93. The van der Waals surface area contributed by atoms with Crippen LogP contribution in [-0.2, 0) is 14.3 Å². The van der Waals surface area contributed by atoms with Crippen LogP contribution in [-0.4, -0.2) is 33.8 Å². The summed E-state index contributed by atoms with van der Waals surface area (Å²) in [4.78, 5) is 22.5. The van der Waals surface area contributed by atoms with Gasteiger partial charge in [0, 0.05) is 11.6 Å². The van der Waals surface area contributed by atoms with Crippen LogP contribution in [0, 0.1) is 0 Å². The number of aliphatic carboxylic acids is 1. The molecule has 1 aromatic heterocycles. The summed E-state index contributed by atoms with van der Waals surface area (Å²) in [6.45, 7) is 1.71. The summed E-state index contributed by atoms with van der Waals surface area (Å²) in [5.74, 6) is -1.83. The Hall–Kier alpha value is -2.83. The minimum absolute atomic E-state index is 0.106. The van der Waals surface area contributed by atoms with E-state index in [1.807, 2.05) is 24.3 Å². The molecule has 0 aliphatic rings. The Morgan fingerprint density at radius 1 is 1.45 bits per heavy atom. The van der Waals surface area contributed by atoms with Crippen molar-refractivity contribution in [2.75, 3.05) is 11.9 Å². The highest BCUT2D eigenvalue weighted by Crippen LogP contribution is 2.19. The van der Waals surface area contributed by atoms with E-state index < -0.39 is 17.5 Å². The van der Waals surface area contributed by atoms with Crippen LogP contribution in [0.15, 0.2) is 36.0 Å². The van der Waals surface area contributed by atoms with Crippen LogP contribution in [0.5, 0.6) is 0 Å². The number of carbonyl (C=O) groups excluding carboxylic acids is 1. The highest BCUT2D eigenvalue weighted by molar-refractivity contribution is 6.13. The Labute approximate surface area is 114 Å². The van der Waals surface area contributed by atoms with Crippen LogP contribution in [0.4, 0.5) is 5.82 Å². The summed E-state index contributed by atoms with van der Waals surface area (Å²) in [5, 5.41) is 19.3. The molecule has 3 N–H and O–H groups in total. The fourth-order valence-corrected chi connectivity index (χ4v) is 1.63. The highest BCUT2D eigenvalue weighted by atomic mass is 16.5. The second-order valence-electron chi connectivity index (χ2n) is 3.85. The number of anilines is 1. The summed E-state index contributed by atoms with van der Waals surface area (Å²) >= 11 is 0. The zero-order chi connectivity index (χ0) is 14.5. The number of H-pyrrole nitrogens is 1. The quantitative estimate of drug-likeness (QED) is 0.330. The number of ether oxygens (including phenoxy) is 1. The number of hydrogen-bond acceptors (Lipinski definition) is 5. The maximum Gasteiger partial charge on any atom is 0.347 e. The first-order valence-electron chi connectivity index (χ1n) is 5.93. The van der Waals surface area contributed by atoms with Gasteiger partial charge in [0.15, 0.2) is 11.4 Å². The van der Waals surface area contributed by atoms with Crippen LogP contribution in [0.1, 0.15) is 6.92 Å².